The second kappa shape index (κ2) is 8.12. The van der Waals surface area contributed by atoms with Gasteiger partial charge in [-0.05, 0) is 31.2 Å². The summed E-state index contributed by atoms with van der Waals surface area (Å²) >= 11 is 11.9. The smallest absolute Gasteiger partial charge is 0.271 e. The number of hydrogen-bond donors (Lipinski definition) is 1. The zero-order valence-electron chi connectivity index (χ0n) is 14.2. The van der Waals surface area contributed by atoms with E-state index in [0.717, 1.165) is 16.6 Å². The number of sulfonamides is 1. The van der Waals surface area contributed by atoms with Gasteiger partial charge in [0.1, 0.15) is 6.04 Å². The molecule has 0 spiro atoms. The van der Waals surface area contributed by atoms with Gasteiger partial charge in [-0.25, -0.2) is 8.42 Å². The van der Waals surface area contributed by atoms with Gasteiger partial charge in [-0.2, -0.15) is 0 Å². The van der Waals surface area contributed by atoms with E-state index in [9.17, 15) is 23.3 Å². The number of carbonyl (C=O) groups is 1. The molecule has 0 saturated carbocycles. The Hall–Kier alpha value is -2.36. The van der Waals surface area contributed by atoms with Crippen LogP contribution in [0.5, 0.6) is 0 Å². The second-order valence-corrected chi connectivity index (χ2v) is 8.33. The van der Waals surface area contributed by atoms with Crippen molar-refractivity contribution in [3.63, 3.8) is 0 Å². The van der Waals surface area contributed by atoms with Crippen molar-refractivity contribution in [2.75, 3.05) is 15.9 Å². The summed E-state index contributed by atoms with van der Waals surface area (Å²) in [7, 11) is -3.83. The van der Waals surface area contributed by atoms with Gasteiger partial charge in [0.25, 0.3) is 5.69 Å². The van der Waals surface area contributed by atoms with Gasteiger partial charge >= 0.3 is 0 Å². The van der Waals surface area contributed by atoms with E-state index in [1.807, 2.05) is 0 Å². The topological polar surface area (TPSA) is 110 Å². The van der Waals surface area contributed by atoms with Crippen LogP contribution in [-0.4, -0.2) is 31.5 Å². The molecule has 0 fully saturated rings. The minimum atomic E-state index is -3.83. The number of nitro groups is 1. The highest BCUT2D eigenvalue weighted by Gasteiger charge is 2.29. The van der Waals surface area contributed by atoms with Gasteiger partial charge in [0.2, 0.25) is 15.9 Å². The Morgan fingerprint density at radius 2 is 1.89 bits per heavy atom. The van der Waals surface area contributed by atoms with Crippen molar-refractivity contribution in [2.45, 2.75) is 13.0 Å². The zero-order valence-corrected chi connectivity index (χ0v) is 16.5. The van der Waals surface area contributed by atoms with Crippen LogP contribution in [0.15, 0.2) is 42.5 Å². The first kappa shape index (κ1) is 20.9. The van der Waals surface area contributed by atoms with Crippen LogP contribution in [0, 0.1) is 10.1 Å². The average molecular weight is 432 g/mol. The number of benzene rings is 2. The number of non-ortho nitro benzene ring substituents is 1. The van der Waals surface area contributed by atoms with Crippen molar-refractivity contribution in [3.8, 4) is 0 Å². The highest BCUT2D eigenvalue weighted by molar-refractivity contribution is 7.92. The fourth-order valence-electron chi connectivity index (χ4n) is 2.38. The largest absolute Gasteiger partial charge is 0.323 e. The summed E-state index contributed by atoms with van der Waals surface area (Å²) in [6.45, 7) is 1.38. The van der Waals surface area contributed by atoms with Gasteiger partial charge in [0.15, 0.2) is 0 Å². The Morgan fingerprint density at radius 1 is 1.22 bits per heavy atom. The number of hydrogen-bond acceptors (Lipinski definition) is 5. The van der Waals surface area contributed by atoms with Crippen LogP contribution in [-0.2, 0) is 14.8 Å². The summed E-state index contributed by atoms with van der Waals surface area (Å²) in [5, 5.41) is 13.7. The summed E-state index contributed by atoms with van der Waals surface area (Å²) < 4.78 is 25.4. The second-order valence-electron chi connectivity index (χ2n) is 5.63. The molecule has 0 bridgehead atoms. The highest BCUT2D eigenvalue weighted by atomic mass is 35.5. The lowest BCUT2D eigenvalue weighted by Crippen LogP contribution is -2.45. The molecule has 0 aliphatic carbocycles. The third-order valence-electron chi connectivity index (χ3n) is 3.57. The van der Waals surface area contributed by atoms with Gasteiger partial charge in [0, 0.05) is 17.2 Å². The maximum atomic E-state index is 12.6. The maximum absolute atomic E-state index is 12.6. The number of halogens is 2. The lowest BCUT2D eigenvalue weighted by Gasteiger charge is -2.28. The van der Waals surface area contributed by atoms with Crippen LogP contribution < -0.4 is 9.62 Å². The molecule has 0 saturated heterocycles. The Kier molecular flexibility index (Phi) is 6.30. The van der Waals surface area contributed by atoms with E-state index in [-0.39, 0.29) is 22.1 Å². The minimum absolute atomic E-state index is 0.00209. The molecule has 1 unspecified atom stereocenters. The van der Waals surface area contributed by atoms with Gasteiger partial charge < -0.3 is 5.32 Å². The van der Waals surface area contributed by atoms with Crippen LogP contribution in [0.2, 0.25) is 10.0 Å². The van der Waals surface area contributed by atoms with E-state index in [2.05, 4.69) is 5.32 Å². The lowest BCUT2D eigenvalue weighted by molar-refractivity contribution is -0.384. The summed E-state index contributed by atoms with van der Waals surface area (Å²) in [4.78, 5) is 22.9. The summed E-state index contributed by atoms with van der Waals surface area (Å²) in [6.07, 6.45) is 0.956. The van der Waals surface area contributed by atoms with Crippen molar-refractivity contribution >= 4 is 56.2 Å². The third kappa shape index (κ3) is 5.09. The molecule has 144 valence electrons. The monoisotopic (exact) mass is 431 g/mol. The molecule has 1 atom stereocenters. The first-order valence-electron chi connectivity index (χ1n) is 7.50. The molecule has 0 radical (unpaired) electrons. The number of rotatable bonds is 6. The Balaban J connectivity index is 2.36. The molecule has 1 N–H and O–H groups in total. The normalized spacial score (nSPS) is 12.3. The number of nitrogens with zero attached hydrogens (tertiary/aromatic N) is 2. The number of amides is 1. The fourth-order valence-corrected chi connectivity index (χ4v) is 3.90. The van der Waals surface area contributed by atoms with Crippen molar-refractivity contribution in [2.24, 2.45) is 0 Å². The predicted molar refractivity (Wildman–Crippen MR) is 105 cm³/mol. The van der Waals surface area contributed by atoms with Gasteiger partial charge in [-0.1, -0.05) is 29.3 Å². The number of nitro benzene ring substituents is 1. The molecular formula is C16H15Cl2N3O5S. The molecule has 2 rings (SSSR count). The average Bonchev–Trinajstić information content (AvgIpc) is 2.55. The standard InChI is InChI=1S/C16H15Cl2N3O5S/c1-10(20(27(2,25)26)12-5-3-4-11(17)8-12)16(22)19-15-9-13(21(23)24)6-7-14(15)18/h3-10H,1-2H3,(H,19,22). The van der Waals surface area contributed by atoms with Crippen LogP contribution >= 0.6 is 23.2 Å². The van der Waals surface area contributed by atoms with Gasteiger partial charge in [-0.3, -0.25) is 19.2 Å². The van der Waals surface area contributed by atoms with Crippen molar-refractivity contribution in [1.29, 1.82) is 0 Å². The molecule has 1 amide bonds. The number of carbonyl (C=O) groups excluding carboxylic acids is 1. The molecule has 11 heteroatoms. The SMILES string of the molecule is CC(C(=O)Nc1cc([N+](=O)[O-])ccc1Cl)N(c1cccc(Cl)c1)S(C)(=O)=O. The first-order chi connectivity index (χ1) is 12.5. The highest BCUT2D eigenvalue weighted by Crippen LogP contribution is 2.28. The Labute approximate surface area is 165 Å². The first-order valence-corrected chi connectivity index (χ1v) is 10.1. The van der Waals surface area contributed by atoms with E-state index < -0.39 is 26.9 Å². The van der Waals surface area contributed by atoms with E-state index >= 15 is 0 Å². The van der Waals surface area contributed by atoms with Crippen LogP contribution in [0.3, 0.4) is 0 Å². The van der Waals surface area contributed by atoms with Gasteiger partial charge in [0.05, 0.1) is 27.6 Å². The van der Waals surface area contributed by atoms with Gasteiger partial charge in [-0.15, -0.1) is 0 Å². The molecule has 0 aliphatic heterocycles. The molecule has 27 heavy (non-hydrogen) atoms. The van der Waals surface area contributed by atoms with Crippen molar-refractivity contribution in [3.05, 3.63) is 62.6 Å². The molecule has 0 aliphatic rings. The summed E-state index contributed by atoms with van der Waals surface area (Å²) in [5.74, 6) is -0.720. The molecule has 2 aromatic carbocycles. The van der Waals surface area contributed by atoms with Crippen molar-refractivity contribution in [1.82, 2.24) is 0 Å². The minimum Gasteiger partial charge on any atom is -0.323 e. The third-order valence-corrected chi connectivity index (χ3v) is 5.38. The van der Waals surface area contributed by atoms with E-state index in [1.54, 1.807) is 12.1 Å². The summed E-state index contributed by atoms with van der Waals surface area (Å²) in [5.41, 5.74) is -0.0581. The van der Waals surface area contributed by atoms with Crippen LogP contribution in [0.25, 0.3) is 0 Å². The molecule has 8 nitrogen and oxygen atoms in total. The van der Waals surface area contributed by atoms with Crippen LogP contribution in [0.4, 0.5) is 17.1 Å². The predicted octanol–water partition coefficient (Wildman–Crippen LogP) is 3.69. The van der Waals surface area contributed by atoms with Crippen molar-refractivity contribution < 1.29 is 18.1 Å². The quantitative estimate of drug-likeness (QED) is 0.553. The lowest BCUT2D eigenvalue weighted by atomic mass is 10.2. The fraction of sp³-hybridized carbons (Fsp3) is 0.188. The Bertz CT molecular complexity index is 997. The Morgan fingerprint density at radius 3 is 2.44 bits per heavy atom. The van der Waals surface area contributed by atoms with E-state index in [1.165, 1.54) is 31.2 Å². The molecule has 0 heterocycles. The molecular weight excluding hydrogens is 417 g/mol. The number of nitrogens with one attached hydrogen (secondary N) is 1. The van der Waals surface area contributed by atoms with E-state index in [4.69, 9.17) is 23.2 Å². The number of anilines is 2. The van der Waals surface area contributed by atoms with Crippen LogP contribution in [0.1, 0.15) is 6.92 Å². The summed E-state index contributed by atoms with van der Waals surface area (Å²) in [6, 6.07) is 8.41. The molecule has 0 aromatic heterocycles. The zero-order chi connectivity index (χ0) is 20.4. The maximum Gasteiger partial charge on any atom is 0.271 e. The van der Waals surface area contributed by atoms with E-state index in [0.29, 0.717) is 5.02 Å². The molecule has 2 aromatic rings.